The van der Waals surface area contributed by atoms with E-state index >= 15 is 0 Å². The number of furan rings is 1. The quantitative estimate of drug-likeness (QED) is 0.907. The topological polar surface area (TPSA) is 62.9 Å². The number of alkyl halides is 3. The summed E-state index contributed by atoms with van der Waals surface area (Å²) < 4.78 is 42.4. The number of aliphatic carboxylic acids is 1. The summed E-state index contributed by atoms with van der Waals surface area (Å²) in [4.78, 5) is 11.4. The number of carbonyl (C=O) groups is 1. The number of likely N-dealkylation sites (tertiary alicyclic amines) is 1. The van der Waals surface area contributed by atoms with Crippen molar-refractivity contribution in [2.75, 3.05) is 26.3 Å². The Labute approximate surface area is 125 Å². The van der Waals surface area contributed by atoms with Crippen LogP contribution in [0.15, 0.2) is 22.8 Å². The maximum atomic E-state index is 10.6. The van der Waals surface area contributed by atoms with Crippen LogP contribution < -0.4 is 0 Å². The van der Waals surface area contributed by atoms with Gasteiger partial charge in [0.05, 0.1) is 26.0 Å². The van der Waals surface area contributed by atoms with Crippen molar-refractivity contribution in [2.24, 2.45) is 5.41 Å². The number of hydrogen-bond acceptors (Lipinski definition) is 4. The van der Waals surface area contributed by atoms with Crippen molar-refractivity contribution >= 4 is 5.97 Å². The van der Waals surface area contributed by atoms with Crippen molar-refractivity contribution in [3.8, 4) is 0 Å². The van der Waals surface area contributed by atoms with Gasteiger partial charge in [-0.2, -0.15) is 13.2 Å². The van der Waals surface area contributed by atoms with Gasteiger partial charge in [-0.3, -0.25) is 4.90 Å². The van der Waals surface area contributed by atoms with Gasteiger partial charge in [0.15, 0.2) is 0 Å². The Morgan fingerprint density at radius 2 is 1.91 bits per heavy atom. The van der Waals surface area contributed by atoms with Gasteiger partial charge in [-0.1, -0.05) is 0 Å². The molecule has 5 nitrogen and oxygen atoms in total. The Bertz CT molecular complexity index is 473. The molecule has 0 aromatic carbocycles. The molecule has 1 N–H and O–H groups in total. The van der Waals surface area contributed by atoms with E-state index in [1.54, 1.807) is 6.26 Å². The van der Waals surface area contributed by atoms with Gasteiger partial charge < -0.3 is 14.3 Å². The van der Waals surface area contributed by atoms with Crippen LogP contribution in [0.25, 0.3) is 0 Å². The third kappa shape index (κ3) is 4.48. The number of nitrogens with zero attached hydrogens (tertiary/aromatic N) is 1. The Balaban J connectivity index is 0.000000217. The van der Waals surface area contributed by atoms with Gasteiger partial charge in [-0.15, -0.1) is 0 Å². The highest BCUT2D eigenvalue weighted by Gasteiger charge is 2.41. The summed E-state index contributed by atoms with van der Waals surface area (Å²) in [5.41, 5.74) is 0.541. The van der Waals surface area contributed by atoms with E-state index in [2.05, 4.69) is 11.0 Å². The normalized spacial score (nSPS) is 20.9. The lowest BCUT2D eigenvalue weighted by atomic mass is 9.77. The number of carboxylic acid groups (broad SMARTS) is 1. The lowest BCUT2D eigenvalue weighted by Gasteiger charge is -2.47. The van der Waals surface area contributed by atoms with E-state index in [1.807, 2.05) is 6.07 Å². The third-order valence-corrected chi connectivity index (χ3v) is 3.94. The minimum Gasteiger partial charge on any atom is -0.475 e. The zero-order valence-corrected chi connectivity index (χ0v) is 11.9. The number of ether oxygens (including phenoxy) is 1. The fourth-order valence-electron chi connectivity index (χ4n) is 2.49. The first-order valence-corrected chi connectivity index (χ1v) is 6.93. The second-order valence-corrected chi connectivity index (χ2v) is 5.65. The SMILES string of the molecule is O=C(O)C(F)(F)F.c1coc(CN2CCC3(CC2)COC3)c1. The van der Waals surface area contributed by atoms with Crippen molar-refractivity contribution in [1.82, 2.24) is 4.90 Å². The Hall–Kier alpha value is -1.54. The summed E-state index contributed by atoms with van der Waals surface area (Å²) in [5, 5.41) is 7.12. The van der Waals surface area contributed by atoms with E-state index < -0.39 is 12.1 Å². The molecular weight excluding hydrogens is 303 g/mol. The molecule has 0 atom stereocenters. The van der Waals surface area contributed by atoms with Crippen LogP contribution in [0.2, 0.25) is 0 Å². The first kappa shape index (κ1) is 16.8. The van der Waals surface area contributed by atoms with E-state index in [4.69, 9.17) is 19.1 Å². The molecule has 0 radical (unpaired) electrons. The summed E-state index contributed by atoms with van der Waals surface area (Å²) in [6.45, 7) is 5.31. The molecule has 0 aliphatic carbocycles. The molecule has 0 saturated carbocycles. The van der Waals surface area contributed by atoms with Crippen molar-refractivity contribution in [3.63, 3.8) is 0 Å². The molecule has 124 valence electrons. The van der Waals surface area contributed by atoms with Crippen molar-refractivity contribution in [2.45, 2.75) is 25.6 Å². The number of hydrogen-bond donors (Lipinski definition) is 1. The van der Waals surface area contributed by atoms with Crippen LogP contribution in [0.5, 0.6) is 0 Å². The van der Waals surface area contributed by atoms with Crippen molar-refractivity contribution in [1.29, 1.82) is 0 Å². The second-order valence-electron chi connectivity index (χ2n) is 5.65. The third-order valence-electron chi connectivity index (χ3n) is 3.94. The molecule has 2 saturated heterocycles. The standard InChI is InChI=1S/C12H17NO2.C2HF3O2/c1-2-11(15-7-1)8-13-5-3-12(4-6-13)9-14-10-12;3-2(4,5)1(6)7/h1-2,7H,3-6,8-10H2;(H,6,7). The maximum Gasteiger partial charge on any atom is 0.490 e. The number of piperidine rings is 1. The molecule has 0 amide bonds. The Morgan fingerprint density at radius 1 is 1.32 bits per heavy atom. The monoisotopic (exact) mass is 321 g/mol. The average molecular weight is 321 g/mol. The smallest absolute Gasteiger partial charge is 0.475 e. The first-order valence-electron chi connectivity index (χ1n) is 6.93. The van der Waals surface area contributed by atoms with Crippen molar-refractivity contribution < 1.29 is 32.2 Å². The summed E-state index contributed by atoms with van der Waals surface area (Å²) in [6.07, 6.45) is -0.762. The Morgan fingerprint density at radius 3 is 2.27 bits per heavy atom. The van der Waals surface area contributed by atoms with Crippen molar-refractivity contribution in [3.05, 3.63) is 24.2 Å². The molecule has 8 heteroatoms. The summed E-state index contributed by atoms with van der Waals surface area (Å²) in [5.74, 6) is -1.68. The van der Waals surface area contributed by atoms with Gasteiger partial charge in [0.25, 0.3) is 0 Å². The van der Waals surface area contributed by atoms with Gasteiger partial charge in [0, 0.05) is 5.41 Å². The molecule has 2 fully saturated rings. The van der Waals surface area contributed by atoms with E-state index in [-0.39, 0.29) is 0 Å². The first-order chi connectivity index (χ1) is 10.3. The summed E-state index contributed by atoms with van der Waals surface area (Å²) in [6, 6.07) is 4.01. The summed E-state index contributed by atoms with van der Waals surface area (Å²) in [7, 11) is 0. The average Bonchev–Trinajstić information content (AvgIpc) is 2.90. The number of halogens is 3. The lowest BCUT2D eigenvalue weighted by molar-refractivity contribution is -0.192. The van der Waals surface area contributed by atoms with Crippen LogP contribution in [0.3, 0.4) is 0 Å². The molecule has 2 aliphatic rings. The van der Waals surface area contributed by atoms with Crippen LogP contribution in [-0.2, 0) is 16.1 Å². The molecule has 1 aromatic rings. The van der Waals surface area contributed by atoms with Gasteiger partial charge in [-0.25, -0.2) is 4.79 Å². The number of rotatable bonds is 2. The second kappa shape index (κ2) is 6.70. The highest BCUT2D eigenvalue weighted by molar-refractivity contribution is 5.73. The van der Waals surface area contributed by atoms with Crippen LogP contribution in [0.1, 0.15) is 18.6 Å². The highest BCUT2D eigenvalue weighted by atomic mass is 19.4. The molecule has 3 rings (SSSR count). The summed E-state index contributed by atoms with van der Waals surface area (Å²) >= 11 is 0. The van der Waals surface area contributed by atoms with E-state index in [0.717, 1.165) is 25.5 Å². The molecule has 0 unspecified atom stereocenters. The predicted octanol–water partition coefficient (Wildman–Crippen LogP) is 2.53. The molecule has 1 spiro atoms. The largest absolute Gasteiger partial charge is 0.490 e. The zero-order valence-electron chi connectivity index (χ0n) is 11.9. The van der Waals surface area contributed by atoms with Gasteiger partial charge in [0.1, 0.15) is 5.76 Å². The highest BCUT2D eigenvalue weighted by Crippen LogP contribution is 2.38. The molecule has 2 aliphatic heterocycles. The predicted molar refractivity (Wildman–Crippen MR) is 70.2 cm³/mol. The Kier molecular flexibility index (Phi) is 5.12. The molecular formula is C14H18F3NO4. The number of carboxylic acids is 1. The van der Waals surface area contributed by atoms with E-state index in [0.29, 0.717) is 5.41 Å². The fraction of sp³-hybridized carbons (Fsp3) is 0.643. The minimum absolute atomic E-state index is 0.541. The fourth-order valence-corrected chi connectivity index (χ4v) is 2.49. The molecule has 3 heterocycles. The van der Waals surface area contributed by atoms with Gasteiger partial charge >= 0.3 is 12.1 Å². The minimum atomic E-state index is -5.08. The lowest BCUT2D eigenvalue weighted by Crippen LogP contribution is -2.50. The van der Waals surface area contributed by atoms with Gasteiger partial charge in [-0.05, 0) is 38.1 Å². The molecule has 1 aromatic heterocycles. The van der Waals surface area contributed by atoms with Crippen LogP contribution in [-0.4, -0.2) is 48.5 Å². The van der Waals surface area contributed by atoms with Crippen LogP contribution >= 0.6 is 0 Å². The van der Waals surface area contributed by atoms with Crippen LogP contribution in [0, 0.1) is 5.41 Å². The molecule has 0 bridgehead atoms. The maximum absolute atomic E-state index is 10.6. The van der Waals surface area contributed by atoms with Crippen LogP contribution in [0.4, 0.5) is 13.2 Å². The van der Waals surface area contributed by atoms with Gasteiger partial charge in [0.2, 0.25) is 0 Å². The molecule has 22 heavy (non-hydrogen) atoms. The van der Waals surface area contributed by atoms with E-state index in [1.165, 1.54) is 25.9 Å². The zero-order chi connectivity index (χ0) is 16.2. The van der Waals surface area contributed by atoms with E-state index in [9.17, 15) is 13.2 Å².